The van der Waals surface area contributed by atoms with Crippen LogP contribution in [0.1, 0.15) is 17.5 Å². The van der Waals surface area contributed by atoms with Crippen LogP contribution < -0.4 is 5.32 Å². The number of benzene rings is 1. The van der Waals surface area contributed by atoms with Gasteiger partial charge in [-0.2, -0.15) is 18.4 Å². The molecule has 18 heavy (non-hydrogen) atoms. The molecule has 0 bridgehead atoms. The minimum absolute atomic E-state index is 0.193. The lowest BCUT2D eigenvalue weighted by molar-refractivity contribution is -0.140. The summed E-state index contributed by atoms with van der Waals surface area (Å²) in [6.07, 6.45) is -5.33. The fourth-order valence-corrected chi connectivity index (χ4v) is 1.32. The second-order valence-corrected chi connectivity index (χ2v) is 3.54. The summed E-state index contributed by atoms with van der Waals surface area (Å²) in [4.78, 5) is 11.1. The highest BCUT2D eigenvalue weighted by atomic mass is 19.4. The van der Waals surface area contributed by atoms with Gasteiger partial charge in [0.25, 0.3) is 0 Å². The molecule has 0 unspecified atom stereocenters. The summed E-state index contributed by atoms with van der Waals surface area (Å²) in [7, 11) is 0. The predicted octanol–water partition coefficient (Wildman–Crippen LogP) is 3.01. The van der Waals surface area contributed by atoms with Crippen molar-refractivity contribution in [2.75, 3.05) is 5.32 Å². The number of nitrogens with zero attached hydrogens (tertiary/aromatic N) is 1. The summed E-state index contributed by atoms with van der Waals surface area (Å²) >= 11 is 0. The van der Waals surface area contributed by atoms with Crippen molar-refractivity contribution in [2.45, 2.75) is 19.5 Å². The fraction of sp³-hybridized carbons (Fsp3) is 0.273. The van der Waals surface area contributed by atoms with Crippen molar-refractivity contribution in [3.05, 3.63) is 29.1 Å². The van der Waals surface area contributed by atoms with E-state index in [2.05, 4.69) is 5.32 Å². The Morgan fingerprint density at radius 2 is 2.06 bits per heavy atom. The monoisotopic (exact) mass is 260 g/mol. The van der Waals surface area contributed by atoms with E-state index in [9.17, 15) is 22.4 Å². The zero-order valence-electron chi connectivity index (χ0n) is 9.23. The Labute approximate surface area is 100 Å². The first-order valence-corrected chi connectivity index (χ1v) is 4.80. The molecular weight excluding hydrogens is 252 g/mol. The molecule has 3 nitrogen and oxygen atoms in total. The number of hydrogen-bond donors (Lipinski definition) is 1. The maximum absolute atomic E-state index is 13.3. The lowest BCUT2D eigenvalue weighted by atomic mass is 10.1. The maximum atomic E-state index is 13.3. The predicted molar refractivity (Wildman–Crippen MR) is 55.0 cm³/mol. The second kappa shape index (κ2) is 5.04. The third-order valence-corrected chi connectivity index (χ3v) is 2.08. The van der Waals surface area contributed by atoms with Crippen molar-refractivity contribution in [3.8, 4) is 6.07 Å². The zero-order valence-corrected chi connectivity index (χ0v) is 9.23. The third kappa shape index (κ3) is 3.20. The number of aryl methyl sites for hydroxylation is 1. The van der Waals surface area contributed by atoms with Crippen molar-refractivity contribution >= 4 is 11.6 Å². The molecule has 0 radical (unpaired) electrons. The van der Waals surface area contributed by atoms with Gasteiger partial charge in [0, 0.05) is 5.69 Å². The van der Waals surface area contributed by atoms with Crippen LogP contribution in [0.3, 0.4) is 0 Å². The normalized spacial score (nSPS) is 10.9. The van der Waals surface area contributed by atoms with E-state index in [1.807, 2.05) is 0 Å². The molecule has 0 saturated heterocycles. The van der Waals surface area contributed by atoms with Gasteiger partial charge >= 0.3 is 6.18 Å². The standard InChI is InChI=1S/C11H8F4N2O/c1-6-4-7(17-9(18)2-3-16)5-8(10(6)12)11(13,14)15/h4-5H,2H2,1H3,(H,17,18). The molecule has 1 aromatic carbocycles. The highest BCUT2D eigenvalue weighted by Crippen LogP contribution is 2.34. The van der Waals surface area contributed by atoms with Crippen LogP contribution in [-0.2, 0) is 11.0 Å². The van der Waals surface area contributed by atoms with Crippen LogP contribution in [0.15, 0.2) is 12.1 Å². The quantitative estimate of drug-likeness (QED) is 0.831. The van der Waals surface area contributed by atoms with Gasteiger partial charge in [0.05, 0.1) is 11.6 Å². The SMILES string of the molecule is Cc1cc(NC(=O)CC#N)cc(C(F)(F)F)c1F. The number of nitriles is 1. The number of rotatable bonds is 2. The van der Waals surface area contributed by atoms with Crippen LogP contribution in [0.2, 0.25) is 0 Å². The molecule has 1 amide bonds. The maximum Gasteiger partial charge on any atom is 0.419 e. The van der Waals surface area contributed by atoms with Gasteiger partial charge in [0.1, 0.15) is 12.2 Å². The highest BCUT2D eigenvalue weighted by Gasteiger charge is 2.35. The molecule has 0 heterocycles. The third-order valence-electron chi connectivity index (χ3n) is 2.08. The molecule has 0 spiro atoms. The number of halogens is 4. The first-order chi connectivity index (χ1) is 8.25. The van der Waals surface area contributed by atoms with E-state index in [0.717, 1.165) is 13.0 Å². The van der Waals surface area contributed by atoms with E-state index in [1.165, 1.54) is 0 Å². The van der Waals surface area contributed by atoms with Crippen molar-refractivity contribution in [2.24, 2.45) is 0 Å². The number of carbonyl (C=O) groups excluding carboxylic acids is 1. The number of carbonyl (C=O) groups is 1. The van der Waals surface area contributed by atoms with Gasteiger partial charge in [-0.25, -0.2) is 4.39 Å². The van der Waals surface area contributed by atoms with Crippen LogP contribution in [0.4, 0.5) is 23.2 Å². The minimum Gasteiger partial charge on any atom is -0.325 e. The molecule has 0 atom stereocenters. The molecule has 0 aromatic heterocycles. The Hall–Kier alpha value is -2.10. The Balaban J connectivity index is 3.14. The van der Waals surface area contributed by atoms with E-state index in [-0.39, 0.29) is 11.3 Å². The van der Waals surface area contributed by atoms with Gasteiger partial charge in [0.15, 0.2) is 0 Å². The summed E-state index contributed by atoms with van der Waals surface area (Å²) in [5.74, 6) is -2.13. The van der Waals surface area contributed by atoms with Crippen molar-refractivity contribution < 1.29 is 22.4 Å². The van der Waals surface area contributed by atoms with Gasteiger partial charge in [-0.1, -0.05) is 0 Å². The minimum atomic E-state index is -4.84. The molecule has 0 aliphatic rings. The molecule has 0 saturated carbocycles. The molecule has 1 N–H and O–H groups in total. The van der Waals surface area contributed by atoms with Crippen LogP contribution >= 0.6 is 0 Å². The van der Waals surface area contributed by atoms with Crippen molar-refractivity contribution in [1.82, 2.24) is 0 Å². The average Bonchev–Trinajstić information content (AvgIpc) is 2.21. The number of anilines is 1. The second-order valence-electron chi connectivity index (χ2n) is 3.54. The van der Waals surface area contributed by atoms with Crippen molar-refractivity contribution in [3.63, 3.8) is 0 Å². The van der Waals surface area contributed by atoms with Crippen LogP contribution in [-0.4, -0.2) is 5.91 Å². The fourth-order valence-electron chi connectivity index (χ4n) is 1.32. The summed E-state index contributed by atoms with van der Waals surface area (Å²) in [6, 6.07) is 3.12. The highest BCUT2D eigenvalue weighted by molar-refractivity contribution is 5.92. The molecule has 7 heteroatoms. The number of hydrogen-bond acceptors (Lipinski definition) is 2. The smallest absolute Gasteiger partial charge is 0.325 e. The first kappa shape index (κ1) is 14.0. The van der Waals surface area contributed by atoms with Crippen molar-refractivity contribution in [1.29, 1.82) is 5.26 Å². The number of nitrogens with one attached hydrogen (secondary N) is 1. The lowest BCUT2D eigenvalue weighted by Crippen LogP contribution is -2.14. The summed E-state index contributed by atoms with van der Waals surface area (Å²) in [6.45, 7) is 1.16. The van der Waals surface area contributed by atoms with E-state index in [1.54, 1.807) is 6.07 Å². The van der Waals surface area contributed by atoms with Crippen LogP contribution in [0.25, 0.3) is 0 Å². The lowest BCUT2D eigenvalue weighted by Gasteiger charge is -2.12. The summed E-state index contributed by atoms with van der Waals surface area (Å²) in [5, 5.41) is 10.3. The molecule has 96 valence electrons. The largest absolute Gasteiger partial charge is 0.419 e. The number of alkyl halides is 3. The van der Waals surface area contributed by atoms with Gasteiger partial charge in [0.2, 0.25) is 5.91 Å². The Morgan fingerprint density at radius 1 is 1.44 bits per heavy atom. The molecule has 0 fully saturated rings. The number of amides is 1. The Morgan fingerprint density at radius 3 is 2.56 bits per heavy atom. The molecular formula is C11H8F4N2O. The van der Waals surface area contributed by atoms with Gasteiger partial charge in [-0.05, 0) is 24.6 Å². The summed E-state index contributed by atoms with van der Waals surface area (Å²) < 4.78 is 50.7. The van der Waals surface area contributed by atoms with Crippen LogP contribution in [0, 0.1) is 24.1 Å². The van der Waals surface area contributed by atoms with Gasteiger partial charge in [-0.3, -0.25) is 4.79 Å². The molecule has 0 aliphatic heterocycles. The van der Waals surface area contributed by atoms with E-state index < -0.39 is 29.9 Å². The molecule has 1 aromatic rings. The zero-order chi connectivity index (χ0) is 13.9. The molecule has 1 rings (SSSR count). The topological polar surface area (TPSA) is 52.9 Å². The first-order valence-electron chi connectivity index (χ1n) is 4.80. The Kier molecular flexibility index (Phi) is 3.91. The van der Waals surface area contributed by atoms with Crippen LogP contribution in [0.5, 0.6) is 0 Å². The molecule has 0 aliphatic carbocycles. The average molecular weight is 260 g/mol. The summed E-state index contributed by atoms with van der Waals surface area (Å²) in [5.41, 5.74) is -1.88. The van der Waals surface area contributed by atoms with Gasteiger partial charge in [-0.15, -0.1) is 0 Å². The van der Waals surface area contributed by atoms with E-state index >= 15 is 0 Å². The van der Waals surface area contributed by atoms with E-state index in [0.29, 0.717) is 6.07 Å². The van der Waals surface area contributed by atoms with Gasteiger partial charge < -0.3 is 5.32 Å². The Bertz CT molecular complexity index is 517. The van der Waals surface area contributed by atoms with E-state index in [4.69, 9.17) is 5.26 Å².